The molecule has 0 atom stereocenters. The van der Waals surface area contributed by atoms with E-state index in [4.69, 9.17) is 9.47 Å². The fraction of sp³-hybridized carbons (Fsp3) is 0.167. The van der Waals surface area contributed by atoms with Gasteiger partial charge < -0.3 is 20.1 Å². The van der Waals surface area contributed by atoms with Gasteiger partial charge in [0.25, 0.3) is 11.8 Å². The number of amides is 2. The van der Waals surface area contributed by atoms with Gasteiger partial charge in [0.15, 0.2) is 0 Å². The molecule has 0 aliphatic carbocycles. The zero-order valence-electron chi connectivity index (χ0n) is 17.3. The maximum atomic E-state index is 13.1. The monoisotopic (exact) mass is 422 g/mol. The predicted molar refractivity (Wildman–Crippen MR) is 118 cm³/mol. The van der Waals surface area contributed by atoms with Gasteiger partial charge in [-0.25, -0.2) is 4.39 Å². The molecule has 6 nitrogen and oxygen atoms in total. The van der Waals surface area contributed by atoms with Crippen LogP contribution in [0.4, 0.5) is 15.8 Å². The summed E-state index contributed by atoms with van der Waals surface area (Å²) in [7, 11) is 0. The number of hydrogen-bond donors (Lipinski definition) is 2. The van der Waals surface area contributed by atoms with Crippen LogP contribution in [0.15, 0.2) is 66.7 Å². The third-order valence-electron chi connectivity index (χ3n) is 4.32. The van der Waals surface area contributed by atoms with E-state index in [0.29, 0.717) is 47.2 Å². The van der Waals surface area contributed by atoms with Crippen molar-refractivity contribution in [1.29, 1.82) is 0 Å². The van der Waals surface area contributed by atoms with E-state index in [9.17, 15) is 14.0 Å². The van der Waals surface area contributed by atoms with Gasteiger partial charge in [-0.05, 0) is 50.2 Å². The number of nitrogens with one attached hydrogen (secondary N) is 2. The summed E-state index contributed by atoms with van der Waals surface area (Å²) in [6.07, 6.45) is 0. The van der Waals surface area contributed by atoms with Gasteiger partial charge in [0.2, 0.25) is 0 Å². The number of ether oxygens (including phenoxy) is 2. The van der Waals surface area contributed by atoms with E-state index < -0.39 is 11.7 Å². The van der Waals surface area contributed by atoms with Crippen molar-refractivity contribution in [3.63, 3.8) is 0 Å². The number of anilines is 2. The number of hydrogen-bond acceptors (Lipinski definition) is 4. The van der Waals surface area contributed by atoms with Gasteiger partial charge in [-0.2, -0.15) is 0 Å². The van der Waals surface area contributed by atoms with E-state index in [-0.39, 0.29) is 5.91 Å². The predicted octanol–water partition coefficient (Wildman–Crippen LogP) is 5.13. The average Bonchev–Trinajstić information content (AvgIpc) is 2.77. The first kappa shape index (κ1) is 21.8. The molecule has 0 heterocycles. The van der Waals surface area contributed by atoms with Crippen molar-refractivity contribution in [2.24, 2.45) is 0 Å². The van der Waals surface area contributed by atoms with Gasteiger partial charge in [-0.3, -0.25) is 9.59 Å². The molecule has 0 aliphatic rings. The Morgan fingerprint density at radius 2 is 1.19 bits per heavy atom. The van der Waals surface area contributed by atoms with Crippen LogP contribution >= 0.6 is 0 Å². The summed E-state index contributed by atoms with van der Waals surface area (Å²) in [6, 6.07) is 17.2. The Morgan fingerprint density at radius 1 is 0.742 bits per heavy atom. The van der Waals surface area contributed by atoms with Gasteiger partial charge in [0, 0.05) is 23.3 Å². The lowest BCUT2D eigenvalue weighted by atomic mass is 10.1. The van der Waals surface area contributed by atoms with Crippen molar-refractivity contribution in [2.75, 3.05) is 23.8 Å². The first-order chi connectivity index (χ1) is 15.0. The van der Waals surface area contributed by atoms with Gasteiger partial charge in [-0.15, -0.1) is 0 Å². The molecule has 7 heteroatoms. The minimum absolute atomic E-state index is 0.295. The van der Waals surface area contributed by atoms with Crippen molar-refractivity contribution in [3.05, 3.63) is 83.7 Å². The van der Waals surface area contributed by atoms with Crippen LogP contribution < -0.4 is 20.1 Å². The first-order valence-corrected chi connectivity index (χ1v) is 9.88. The molecule has 0 unspecified atom stereocenters. The second-order valence-electron chi connectivity index (χ2n) is 6.49. The minimum Gasteiger partial charge on any atom is -0.492 e. The summed E-state index contributed by atoms with van der Waals surface area (Å²) in [5.41, 5.74) is 1.58. The summed E-state index contributed by atoms with van der Waals surface area (Å²) in [5.74, 6) is -0.408. The molecule has 0 saturated carbocycles. The van der Waals surface area contributed by atoms with E-state index in [2.05, 4.69) is 10.6 Å². The average molecular weight is 422 g/mol. The standard InChI is InChI=1S/C24H23FN2O4/c1-3-30-21-15-20(27-24(29)17-10-12-18(25)13-11-17)22(31-4-2)14-19(21)26-23(28)16-8-6-5-7-9-16/h5-15H,3-4H2,1-2H3,(H,26,28)(H,27,29). The normalized spacial score (nSPS) is 10.3. The molecule has 31 heavy (non-hydrogen) atoms. The Hall–Kier alpha value is -3.87. The van der Waals surface area contributed by atoms with E-state index >= 15 is 0 Å². The second kappa shape index (κ2) is 10.2. The highest BCUT2D eigenvalue weighted by molar-refractivity contribution is 6.07. The number of halogens is 1. The zero-order valence-corrected chi connectivity index (χ0v) is 17.3. The third kappa shape index (κ3) is 5.60. The molecule has 3 rings (SSSR count). The molecule has 0 saturated heterocycles. The summed E-state index contributed by atoms with van der Waals surface area (Å²) in [6.45, 7) is 4.33. The number of benzene rings is 3. The number of carbonyl (C=O) groups excluding carboxylic acids is 2. The molecule has 0 aromatic heterocycles. The quantitative estimate of drug-likeness (QED) is 0.528. The first-order valence-electron chi connectivity index (χ1n) is 9.88. The highest BCUT2D eigenvalue weighted by Gasteiger charge is 2.17. The van der Waals surface area contributed by atoms with Gasteiger partial charge in [0.05, 0.1) is 24.6 Å². The maximum absolute atomic E-state index is 13.1. The number of rotatable bonds is 8. The highest BCUT2D eigenvalue weighted by Crippen LogP contribution is 2.37. The summed E-state index contributed by atoms with van der Waals surface area (Å²) < 4.78 is 24.5. The van der Waals surface area contributed by atoms with Crippen molar-refractivity contribution < 1.29 is 23.5 Å². The fourth-order valence-corrected chi connectivity index (χ4v) is 2.88. The lowest BCUT2D eigenvalue weighted by Gasteiger charge is -2.18. The van der Waals surface area contributed by atoms with Gasteiger partial charge in [-0.1, -0.05) is 18.2 Å². The Morgan fingerprint density at radius 3 is 1.65 bits per heavy atom. The summed E-state index contributed by atoms with van der Waals surface area (Å²) in [5, 5.41) is 5.59. The topological polar surface area (TPSA) is 76.7 Å². The molecule has 3 aromatic carbocycles. The third-order valence-corrected chi connectivity index (χ3v) is 4.32. The molecule has 160 valence electrons. The molecule has 2 N–H and O–H groups in total. The highest BCUT2D eigenvalue weighted by atomic mass is 19.1. The fourth-order valence-electron chi connectivity index (χ4n) is 2.88. The van der Waals surface area contributed by atoms with Crippen LogP contribution in [0.25, 0.3) is 0 Å². The van der Waals surface area contributed by atoms with E-state index in [1.807, 2.05) is 19.9 Å². The van der Waals surface area contributed by atoms with Crippen LogP contribution in [0, 0.1) is 5.82 Å². The summed E-state index contributed by atoms with van der Waals surface area (Å²) >= 11 is 0. The molecule has 0 aliphatic heterocycles. The lowest BCUT2D eigenvalue weighted by Crippen LogP contribution is -2.15. The Labute approximate surface area is 180 Å². The molecule has 2 amide bonds. The van der Waals surface area contributed by atoms with Crippen LogP contribution in [0.3, 0.4) is 0 Å². The van der Waals surface area contributed by atoms with Gasteiger partial charge in [0.1, 0.15) is 17.3 Å². The lowest BCUT2D eigenvalue weighted by molar-refractivity contribution is 0.101. The van der Waals surface area contributed by atoms with Crippen LogP contribution in [0.2, 0.25) is 0 Å². The largest absolute Gasteiger partial charge is 0.492 e. The molecule has 0 fully saturated rings. The van der Waals surface area contributed by atoms with Crippen molar-refractivity contribution in [1.82, 2.24) is 0 Å². The van der Waals surface area contributed by atoms with Crippen molar-refractivity contribution in [3.8, 4) is 11.5 Å². The molecule has 3 aromatic rings. The molecular weight excluding hydrogens is 399 g/mol. The van der Waals surface area contributed by atoms with E-state index in [1.54, 1.807) is 36.4 Å². The Balaban J connectivity index is 1.92. The smallest absolute Gasteiger partial charge is 0.255 e. The van der Waals surface area contributed by atoms with Crippen LogP contribution in [0.1, 0.15) is 34.6 Å². The Bertz CT molecular complexity index is 1050. The second-order valence-corrected chi connectivity index (χ2v) is 6.49. The van der Waals surface area contributed by atoms with Gasteiger partial charge >= 0.3 is 0 Å². The van der Waals surface area contributed by atoms with Crippen molar-refractivity contribution >= 4 is 23.2 Å². The summed E-state index contributed by atoms with van der Waals surface area (Å²) in [4.78, 5) is 25.2. The zero-order chi connectivity index (χ0) is 22.2. The Kier molecular flexibility index (Phi) is 7.22. The number of carbonyl (C=O) groups is 2. The SMILES string of the molecule is CCOc1cc(NC(=O)c2ccc(F)cc2)c(OCC)cc1NC(=O)c1ccccc1. The molecular formula is C24H23FN2O4. The van der Waals surface area contributed by atoms with Crippen LogP contribution in [0.5, 0.6) is 11.5 Å². The maximum Gasteiger partial charge on any atom is 0.255 e. The minimum atomic E-state index is -0.427. The van der Waals surface area contributed by atoms with E-state index in [0.717, 1.165) is 0 Å². The van der Waals surface area contributed by atoms with Crippen LogP contribution in [-0.4, -0.2) is 25.0 Å². The van der Waals surface area contributed by atoms with Crippen LogP contribution in [-0.2, 0) is 0 Å². The van der Waals surface area contributed by atoms with E-state index in [1.165, 1.54) is 24.3 Å². The molecule has 0 spiro atoms. The molecule has 0 bridgehead atoms. The molecule has 0 radical (unpaired) electrons. The van der Waals surface area contributed by atoms with Crippen molar-refractivity contribution in [2.45, 2.75) is 13.8 Å².